The van der Waals surface area contributed by atoms with Crippen molar-refractivity contribution >= 4 is 0 Å². The van der Waals surface area contributed by atoms with Gasteiger partial charge < -0.3 is 10.1 Å². The topological polar surface area (TPSA) is 21.3 Å². The summed E-state index contributed by atoms with van der Waals surface area (Å²) >= 11 is 0. The van der Waals surface area contributed by atoms with Crippen molar-refractivity contribution in [1.82, 2.24) is 5.32 Å². The van der Waals surface area contributed by atoms with Gasteiger partial charge in [-0.05, 0) is 50.8 Å². The number of hydrogen-bond donors (Lipinski definition) is 1. The molecular formula is C18H28FNO. The summed E-state index contributed by atoms with van der Waals surface area (Å²) in [4.78, 5) is 0. The third-order valence-electron chi connectivity index (χ3n) is 4.29. The molecule has 1 fully saturated rings. The molecule has 0 radical (unpaired) electrons. The Morgan fingerprint density at radius 2 is 1.95 bits per heavy atom. The Hall–Kier alpha value is -1.09. The van der Waals surface area contributed by atoms with E-state index >= 15 is 0 Å². The van der Waals surface area contributed by atoms with Crippen molar-refractivity contribution in [2.45, 2.75) is 70.9 Å². The van der Waals surface area contributed by atoms with Gasteiger partial charge in [0.1, 0.15) is 6.10 Å². The molecule has 1 saturated carbocycles. The second-order valence-electron chi connectivity index (χ2n) is 6.10. The van der Waals surface area contributed by atoms with Gasteiger partial charge in [0.15, 0.2) is 11.6 Å². The zero-order valence-electron chi connectivity index (χ0n) is 13.3. The molecule has 3 heteroatoms. The third-order valence-corrected chi connectivity index (χ3v) is 4.29. The first-order valence-electron chi connectivity index (χ1n) is 8.37. The molecule has 1 aliphatic rings. The molecule has 0 bridgehead atoms. The number of rotatable bonds is 5. The number of benzene rings is 1. The number of aryl methyl sites for hydroxylation is 1. The molecule has 1 aliphatic carbocycles. The maximum absolute atomic E-state index is 14.2. The molecule has 1 aromatic rings. The minimum atomic E-state index is -0.214. The highest BCUT2D eigenvalue weighted by Crippen LogP contribution is 2.26. The lowest BCUT2D eigenvalue weighted by Crippen LogP contribution is -2.44. The first-order chi connectivity index (χ1) is 10.2. The van der Waals surface area contributed by atoms with Gasteiger partial charge in [0, 0.05) is 6.04 Å². The van der Waals surface area contributed by atoms with Crippen LogP contribution in [0.2, 0.25) is 0 Å². The van der Waals surface area contributed by atoms with Crippen LogP contribution in [-0.2, 0) is 0 Å². The van der Waals surface area contributed by atoms with Crippen molar-refractivity contribution in [3.63, 3.8) is 0 Å². The number of hydrogen-bond acceptors (Lipinski definition) is 2. The van der Waals surface area contributed by atoms with E-state index in [0.29, 0.717) is 17.4 Å². The van der Waals surface area contributed by atoms with Crippen LogP contribution >= 0.6 is 0 Å². The van der Waals surface area contributed by atoms with Gasteiger partial charge in [-0.1, -0.05) is 38.3 Å². The Bertz CT molecular complexity index is 433. The van der Waals surface area contributed by atoms with Crippen LogP contribution in [0.25, 0.3) is 0 Å². The second kappa shape index (κ2) is 8.38. The summed E-state index contributed by atoms with van der Waals surface area (Å²) in [7, 11) is 0. The third kappa shape index (κ3) is 4.70. The quantitative estimate of drug-likeness (QED) is 0.856. The van der Waals surface area contributed by atoms with Crippen LogP contribution in [0.5, 0.6) is 5.75 Å². The van der Waals surface area contributed by atoms with Gasteiger partial charge in [-0.25, -0.2) is 4.39 Å². The molecule has 0 spiro atoms. The zero-order valence-corrected chi connectivity index (χ0v) is 13.3. The van der Waals surface area contributed by atoms with Gasteiger partial charge in [-0.15, -0.1) is 0 Å². The number of ether oxygens (including phenoxy) is 1. The zero-order chi connectivity index (χ0) is 15.1. The van der Waals surface area contributed by atoms with Crippen molar-refractivity contribution < 1.29 is 9.13 Å². The summed E-state index contributed by atoms with van der Waals surface area (Å²) in [6.45, 7) is 4.96. The fourth-order valence-corrected chi connectivity index (χ4v) is 3.03. The molecule has 0 amide bonds. The highest BCUT2D eigenvalue weighted by atomic mass is 19.1. The van der Waals surface area contributed by atoms with Gasteiger partial charge in [0.2, 0.25) is 0 Å². The highest BCUT2D eigenvalue weighted by molar-refractivity contribution is 5.30. The lowest BCUT2D eigenvalue weighted by Gasteiger charge is -2.31. The Morgan fingerprint density at radius 3 is 2.71 bits per heavy atom. The summed E-state index contributed by atoms with van der Waals surface area (Å²) in [5.41, 5.74) is 0.649. The monoisotopic (exact) mass is 293 g/mol. The molecule has 118 valence electrons. The fourth-order valence-electron chi connectivity index (χ4n) is 3.03. The van der Waals surface area contributed by atoms with E-state index in [9.17, 15) is 4.39 Å². The van der Waals surface area contributed by atoms with Crippen LogP contribution in [0.3, 0.4) is 0 Å². The SMILES string of the molecule is CCCNC1CCCCCCC1Oc1cccc(C)c1F. The van der Waals surface area contributed by atoms with E-state index in [2.05, 4.69) is 12.2 Å². The molecule has 0 saturated heterocycles. The summed E-state index contributed by atoms with van der Waals surface area (Å²) in [6.07, 6.45) is 8.29. The Morgan fingerprint density at radius 1 is 1.19 bits per heavy atom. The van der Waals surface area contributed by atoms with Gasteiger partial charge in [-0.3, -0.25) is 0 Å². The predicted octanol–water partition coefficient (Wildman–Crippen LogP) is 4.60. The van der Waals surface area contributed by atoms with E-state index in [1.165, 1.54) is 25.7 Å². The Labute approximate surface area is 128 Å². The van der Waals surface area contributed by atoms with E-state index in [-0.39, 0.29) is 11.9 Å². The van der Waals surface area contributed by atoms with Gasteiger partial charge in [-0.2, -0.15) is 0 Å². The molecule has 2 atom stereocenters. The first kappa shape index (κ1) is 16.3. The molecular weight excluding hydrogens is 265 g/mol. The van der Waals surface area contributed by atoms with Crippen molar-refractivity contribution in [1.29, 1.82) is 0 Å². The standard InChI is InChI=1S/C18H28FNO/c1-3-13-20-15-10-6-4-5-7-11-16(15)21-17-12-8-9-14(2)18(17)19/h8-9,12,15-16,20H,3-7,10-11,13H2,1-2H3. The summed E-state index contributed by atoms with van der Waals surface area (Å²) in [5, 5.41) is 3.60. The first-order valence-corrected chi connectivity index (χ1v) is 8.37. The summed E-state index contributed by atoms with van der Waals surface area (Å²) < 4.78 is 20.2. The van der Waals surface area contributed by atoms with Crippen LogP contribution in [-0.4, -0.2) is 18.7 Å². The minimum Gasteiger partial charge on any atom is -0.486 e. The van der Waals surface area contributed by atoms with Crippen LogP contribution < -0.4 is 10.1 Å². The Kier molecular flexibility index (Phi) is 6.50. The van der Waals surface area contributed by atoms with Crippen LogP contribution in [0, 0.1) is 12.7 Å². The van der Waals surface area contributed by atoms with Crippen LogP contribution in [0.15, 0.2) is 18.2 Å². The molecule has 1 aromatic carbocycles. The molecule has 21 heavy (non-hydrogen) atoms. The molecule has 2 nitrogen and oxygen atoms in total. The lowest BCUT2D eigenvalue weighted by molar-refractivity contribution is 0.122. The predicted molar refractivity (Wildman–Crippen MR) is 85.3 cm³/mol. The average Bonchev–Trinajstić information content (AvgIpc) is 2.46. The van der Waals surface area contributed by atoms with E-state index in [4.69, 9.17) is 4.74 Å². The normalized spacial score (nSPS) is 23.4. The second-order valence-corrected chi connectivity index (χ2v) is 6.10. The fraction of sp³-hybridized carbons (Fsp3) is 0.667. The smallest absolute Gasteiger partial charge is 0.167 e. The average molecular weight is 293 g/mol. The molecule has 1 N–H and O–H groups in total. The van der Waals surface area contributed by atoms with Crippen molar-refractivity contribution in [2.24, 2.45) is 0 Å². The maximum atomic E-state index is 14.2. The molecule has 0 heterocycles. The summed E-state index contributed by atoms with van der Waals surface area (Å²) in [6, 6.07) is 5.74. The number of nitrogens with one attached hydrogen (secondary N) is 1. The van der Waals surface area contributed by atoms with Gasteiger partial charge >= 0.3 is 0 Å². The lowest BCUT2D eigenvalue weighted by atomic mass is 9.94. The maximum Gasteiger partial charge on any atom is 0.167 e. The number of halogens is 1. The van der Waals surface area contributed by atoms with Crippen LogP contribution in [0.4, 0.5) is 4.39 Å². The molecule has 0 aliphatic heterocycles. The van der Waals surface area contributed by atoms with Crippen molar-refractivity contribution in [3.8, 4) is 5.75 Å². The van der Waals surface area contributed by atoms with E-state index in [1.807, 2.05) is 6.07 Å². The van der Waals surface area contributed by atoms with E-state index in [1.54, 1.807) is 19.1 Å². The van der Waals surface area contributed by atoms with Crippen LogP contribution in [0.1, 0.15) is 57.4 Å². The van der Waals surface area contributed by atoms with Gasteiger partial charge in [0.25, 0.3) is 0 Å². The summed E-state index contributed by atoms with van der Waals surface area (Å²) in [5.74, 6) is 0.192. The van der Waals surface area contributed by atoms with Crippen molar-refractivity contribution in [2.75, 3.05) is 6.54 Å². The molecule has 2 rings (SSSR count). The van der Waals surface area contributed by atoms with E-state index < -0.39 is 0 Å². The Balaban J connectivity index is 2.09. The van der Waals surface area contributed by atoms with Gasteiger partial charge in [0.05, 0.1) is 0 Å². The van der Waals surface area contributed by atoms with Crippen molar-refractivity contribution in [3.05, 3.63) is 29.6 Å². The highest BCUT2D eigenvalue weighted by Gasteiger charge is 2.25. The largest absolute Gasteiger partial charge is 0.486 e. The molecule has 2 unspecified atom stereocenters. The molecule has 0 aromatic heterocycles. The minimum absolute atomic E-state index is 0.0770. The van der Waals surface area contributed by atoms with E-state index in [0.717, 1.165) is 25.8 Å².